The Morgan fingerprint density at radius 3 is 2.64 bits per heavy atom. The van der Waals surface area contributed by atoms with Crippen molar-refractivity contribution in [2.75, 3.05) is 33.4 Å². The molecule has 0 aromatic carbocycles. The highest BCUT2D eigenvalue weighted by molar-refractivity contribution is 5.95. The highest BCUT2D eigenvalue weighted by Crippen LogP contribution is 2.40. The molecule has 0 spiro atoms. The maximum atomic E-state index is 12.7. The number of fused-ring (bicyclic) bond motifs is 1. The molecular formula is C31H34ClN5O5. The second-order valence-electron chi connectivity index (χ2n) is 10.5. The van der Waals surface area contributed by atoms with Gasteiger partial charge in [0.05, 0.1) is 30.9 Å². The molecule has 1 amide bonds. The number of rotatable bonds is 8. The van der Waals surface area contributed by atoms with Crippen LogP contribution >= 0.6 is 12.4 Å². The van der Waals surface area contributed by atoms with Crippen molar-refractivity contribution in [3.05, 3.63) is 64.8 Å². The summed E-state index contributed by atoms with van der Waals surface area (Å²) in [6.07, 6.45) is 4.89. The molecule has 1 fully saturated rings. The van der Waals surface area contributed by atoms with E-state index in [4.69, 9.17) is 30.6 Å². The molecule has 0 saturated carbocycles. The third-order valence-electron chi connectivity index (χ3n) is 7.20. The number of aliphatic hydroxyl groups is 1. The van der Waals surface area contributed by atoms with Crippen molar-refractivity contribution in [1.29, 1.82) is 0 Å². The Balaban J connectivity index is 0.00000405. The highest BCUT2D eigenvalue weighted by Gasteiger charge is 2.25. The first kappa shape index (κ1) is 30.9. The van der Waals surface area contributed by atoms with Crippen LogP contribution in [0.1, 0.15) is 54.1 Å². The predicted molar refractivity (Wildman–Crippen MR) is 161 cm³/mol. The zero-order valence-corrected chi connectivity index (χ0v) is 24.9. The molecule has 10 nitrogen and oxygen atoms in total. The minimum Gasteiger partial charge on any atom is -0.499 e. The molecular weight excluding hydrogens is 558 g/mol. The lowest BCUT2D eigenvalue weighted by molar-refractivity contribution is 0.0258. The van der Waals surface area contributed by atoms with Gasteiger partial charge in [0, 0.05) is 44.9 Å². The first-order valence-corrected chi connectivity index (χ1v) is 13.7. The predicted octanol–water partition coefficient (Wildman–Crippen LogP) is 5.98. The molecule has 0 unspecified atom stereocenters. The minimum atomic E-state index is -0.220. The SMILES string of the molecule is Cl.[C-]#[N+]c1nc(-c2c(C(C)C)cnc3cc(-c4ncc(C(=O)N(C)CCO)cc4C)oc23)ccc1OC1CCOCC1. The second kappa shape index (κ2) is 13.3. The smallest absolute Gasteiger partial charge is 0.312 e. The number of hydrogen-bond acceptors (Lipinski definition) is 8. The fourth-order valence-corrected chi connectivity index (χ4v) is 4.95. The number of nitrogens with zero attached hydrogens (tertiary/aromatic N) is 5. The van der Waals surface area contributed by atoms with E-state index in [1.54, 1.807) is 19.2 Å². The molecule has 1 N–H and O–H groups in total. The largest absolute Gasteiger partial charge is 0.499 e. The Morgan fingerprint density at radius 2 is 1.98 bits per heavy atom. The summed E-state index contributed by atoms with van der Waals surface area (Å²) in [7, 11) is 1.64. The summed E-state index contributed by atoms with van der Waals surface area (Å²) in [6.45, 7) is 15.2. The summed E-state index contributed by atoms with van der Waals surface area (Å²) in [6, 6.07) is 7.26. The molecule has 0 radical (unpaired) electrons. The van der Waals surface area contributed by atoms with E-state index >= 15 is 0 Å². The number of halogens is 1. The number of carbonyl (C=O) groups is 1. The number of pyridine rings is 3. The van der Waals surface area contributed by atoms with Gasteiger partial charge >= 0.3 is 5.82 Å². The average molecular weight is 592 g/mol. The van der Waals surface area contributed by atoms with Crippen LogP contribution in [0.4, 0.5) is 5.82 Å². The Labute approximate surface area is 250 Å². The van der Waals surface area contributed by atoms with Gasteiger partial charge in [-0.15, -0.1) is 17.4 Å². The van der Waals surface area contributed by atoms with E-state index in [-0.39, 0.29) is 49.3 Å². The van der Waals surface area contributed by atoms with E-state index < -0.39 is 0 Å². The van der Waals surface area contributed by atoms with Gasteiger partial charge < -0.3 is 28.7 Å². The van der Waals surface area contributed by atoms with Crippen LogP contribution < -0.4 is 4.74 Å². The average Bonchev–Trinajstić information content (AvgIpc) is 3.41. The van der Waals surface area contributed by atoms with Crippen molar-refractivity contribution in [3.8, 4) is 28.5 Å². The maximum absolute atomic E-state index is 12.7. The number of aliphatic hydroxyl groups excluding tert-OH is 1. The number of aromatic nitrogens is 3. The fraction of sp³-hybridized carbons (Fsp3) is 0.387. The van der Waals surface area contributed by atoms with Crippen molar-refractivity contribution < 1.29 is 23.8 Å². The van der Waals surface area contributed by atoms with Crippen molar-refractivity contribution in [3.63, 3.8) is 0 Å². The number of hydrogen-bond donors (Lipinski definition) is 1. The molecule has 11 heteroatoms. The molecule has 0 bridgehead atoms. The number of likely N-dealkylation sites (N-methyl/N-ethyl adjacent to an activating group) is 1. The molecule has 0 atom stereocenters. The number of aryl methyl sites for hydroxylation is 1. The van der Waals surface area contributed by atoms with Crippen molar-refractivity contribution in [2.45, 2.75) is 45.6 Å². The van der Waals surface area contributed by atoms with Crippen LogP contribution in [-0.2, 0) is 4.74 Å². The Bertz CT molecular complexity index is 1620. The molecule has 42 heavy (non-hydrogen) atoms. The Kier molecular flexibility index (Phi) is 9.78. The zero-order valence-electron chi connectivity index (χ0n) is 24.1. The second-order valence-corrected chi connectivity index (χ2v) is 10.5. The summed E-state index contributed by atoms with van der Waals surface area (Å²) < 4.78 is 18.0. The summed E-state index contributed by atoms with van der Waals surface area (Å²) in [5.74, 6) is 1.07. The zero-order chi connectivity index (χ0) is 29.1. The first-order chi connectivity index (χ1) is 19.8. The van der Waals surface area contributed by atoms with Crippen molar-refractivity contribution in [2.24, 2.45) is 0 Å². The quantitative estimate of drug-likeness (QED) is 0.249. The van der Waals surface area contributed by atoms with Crippen molar-refractivity contribution >= 4 is 35.2 Å². The Hall–Kier alpha value is -4.04. The van der Waals surface area contributed by atoms with Crippen molar-refractivity contribution in [1.82, 2.24) is 19.9 Å². The van der Waals surface area contributed by atoms with Gasteiger partial charge in [-0.05, 0) is 42.2 Å². The van der Waals surface area contributed by atoms with E-state index in [0.29, 0.717) is 52.8 Å². The van der Waals surface area contributed by atoms with Crippen LogP contribution in [0.2, 0.25) is 0 Å². The molecule has 5 rings (SSSR count). The van der Waals surface area contributed by atoms with Crippen LogP contribution in [0.25, 0.3) is 38.7 Å². The van der Waals surface area contributed by atoms with Gasteiger partial charge in [-0.2, -0.15) is 0 Å². The highest BCUT2D eigenvalue weighted by atomic mass is 35.5. The van der Waals surface area contributed by atoms with Gasteiger partial charge in [0.1, 0.15) is 23.1 Å². The first-order valence-electron chi connectivity index (χ1n) is 13.7. The summed E-state index contributed by atoms with van der Waals surface area (Å²) >= 11 is 0. The van der Waals surface area contributed by atoms with Gasteiger partial charge in [-0.1, -0.05) is 20.4 Å². The molecule has 220 valence electrons. The van der Waals surface area contributed by atoms with Gasteiger partial charge in [0.2, 0.25) is 0 Å². The van der Waals surface area contributed by atoms with E-state index in [1.807, 2.05) is 25.3 Å². The molecule has 0 aliphatic carbocycles. The third kappa shape index (κ3) is 6.23. The number of carbonyl (C=O) groups excluding carboxylic acids is 1. The van der Waals surface area contributed by atoms with Gasteiger partial charge in [0.15, 0.2) is 17.0 Å². The lowest BCUT2D eigenvalue weighted by Crippen LogP contribution is -2.29. The lowest BCUT2D eigenvalue weighted by atomic mass is 9.96. The fourth-order valence-electron chi connectivity index (χ4n) is 4.95. The monoisotopic (exact) mass is 591 g/mol. The van der Waals surface area contributed by atoms with Crippen LogP contribution in [0.15, 0.2) is 41.1 Å². The van der Waals surface area contributed by atoms with Crippen LogP contribution in [-0.4, -0.2) is 70.4 Å². The van der Waals surface area contributed by atoms with Crippen LogP contribution in [0, 0.1) is 13.5 Å². The maximum Gasteiger partial charge on any atom is 0.312 e. The molecule has 4 aromatic rings. The summed E-state index contributed by atoms with van der Waals surface area (Å²) in [5, 5.41) is 9.16. The van der Waals surface area contributed by atoms with E-state index in [9.17, 15) is 4.79 Å². The molecule has 1 saturated heterocycles. The topological polar surface area (TPSA) is 115 Å². The lowest BCUT2D eigenvalue weighted by Gasteiger charge is -2.23. The van der Waals surface area contributed by atoms with E-state index in [1.165, 1.54) is 11.1 Å². The van der Waals surface area contributed by atoms with E-state index in [2.05, 4.69) is 28.7 Å². The number of amides is 1. The normalized spacial score (nSPS) is 13.5. The molecule has 4 aromatic heterocycles. The van der Waals surface area contributed by atoms with Crippen LogP contribution in [0.5, 0.6) is 5.75 Å². The van der Waals surface area contributed by atoms with Crippen LogP contribution in [0.3, 0.4) is 0 Å². The summed E-state index contributed by atoms with van der Waals surface area (Å²) in [5.41, 5.74) is 5.29. The molecule has 1 aliphatic rings. The third-order valence-corrected chi connectivity index (χ3v) is 7.20. The molecule has 5 heterocycles. The number of furan rings is 1. The molecule has 1 aliphatic heterocycles. The van der Waals surface area contributed by atoms with Gasteiger partial charge in [-0.25, -0.2) is 0 Å². The van der Waals surface area contributed by atoms with E-state index in [0.717, 1.165) is 29.5 Å². The van der Waals surface area contributed by atoms with Gasteiger partial charge in [0.25, 0.3) is 5.91 Å². The Morgan fingerprint density at radius 1 is 1.21 bits per heavy atom. The number of ether oxygens (including phenoxy) is 2. The standard InChI is InChI=1S/C31H33N5O5.ClH/c1-18(2)22-17-33-24-15-26(28-19(3)14-20(16-34-28)31(38)36(5)10-11-37)41-29(24)27(22)23-6-7-25(30(32-4)35-23)40-21-8-12-39-13-9-21;/h6-7,14-18,21,37H,8-13H2,1-3,5H3;1H. The van der Waals surface area contributed by atoms with Gasteiger partial charge in [-0.3, -0.25) is 14.8 Å². The summed E-state index contributed by atoms with van der Waals surface area (Å²) in [4.78, 5) is 31.7. The minimum absolute atomic E-state index is 0.